The van der Waals surface area contributed by atoms with Gasteiger partial charge in [0.1, 0.15) is 0 Å². The minimum Gasteiger partial charge on any atom is -0.325 e. The number of benzene rings is 2. The van der Waals surface area contributed by atoms with E-state index >= 15 is 0 Å². The number of halogens is 1. The number of amides is 1. The Hall–Kier alpha value is -2.64. The molecule has 2 aromatic carbocycles. The largest absolute Gasteiger partial charge is 0.325 e. The Labute approximate surface area is 180 Å². The van der Waals surface area contributed by atoms with E-state index in [9.17, 15) is 13.2 Å². The van der Waals surface area contributed by atoms with Crippen LogP contribution in [0.5, 0.6) is 0 Å². The molecule has 0 spiro atoms. The van der Waals surface area contributed by atoms with Gasteiger partial charge in [-0.3, -0.25) is 4.79 Å². The van der Waals surface area contributed by atoms with Crippen LogP contribution in [0, 0.1) is 6.92 Å². The van der Waals surface area contributed by atoms with E-state index in [4.69, 9.17) is 11.6 Å². The number of nitrogens with one attached hydrogen (secondary N) is 1. The second-order valence-electron chi connectivity index (χ2n) is 7.55. The van der Waals surface area contributed by atoms with E-state index in [-0.39, 0.29) is 4.90 Å². The predicted octanol–water partition coefficient (Wildman–Crippen LogP) is 4.56. The summed E-state index contributed by atoms with van der Waals surface area (Å²) in [5, 5.41) is 7.58. The predicted molar refractivity (Wildman–Crippen MR) is 117 cm³/mol. The Bertz CT molecular complexity index is 1180. The fourth-order valence-corrected chi connectivity index (χ4v) is 6.20. The molecule has 0 bridgehead atoms. The van der Waals surface area contributed by atoms with Crippen LogP contribution in [-0.2, 0) is 14.6 Å². The van der Waals surface area contributed by atoms with Crippen molar-refractivity contribution in [2.24, 2.45) is 0 Å². The molecule has 1 aromatic heterocycles. The molecule has 8 heteroatoms. The number of anilines is 1. The number of aromatic nitrogens is 2. The second kappa shape index (κ2) is 7.89. The highest BCUT2D eigenvalue weighted by Crippen LogP contribution is 2.41. The summed E-state index contributed by atoms with van der Waals surface area (Å²) in [5.74, 6) is -0.496. The molecule has 0 aliphatic heterocycles. The van der Waals surface area contributed by atoms with Crippen LogP contribution in [0.15, 0.2) is 65.7 Å². The van der Waals surface area contributed by atoms with Crippen LogP contribution in [-0.4, -0.2) is 28.9 Å². The average Bonchev–Trinajstić information content (AvgIpc) is 3.39. The standard InChI is InChI=1S/C22H22ClN3O3S/c1-16-11-14-24-26(16)19-6-4-5-18(15-19)25-21(27)22(12-2-3-13-22)30(28,29)20-9-7-17(23)8-10-20/h4-11,14-15H,2-3,12-13H2,1H3,(H,25,27). The van der Waals surface area contributed by atoms with E-state index in [2.05, 4.69) is 10.4 Å². The highest BCUT2D eigenvalue weighted by atomic mass is 35.5. The highest BCUT2D eigenvalue weighted by Gasteiger charge is 2.52. The third-order valence-electron chi connectivity index (χ3n) is 5.64. The van der Waals surface area contributed by atoms with Crippen molar-refractivity contribution in [3.63, 3.8) is 0 Å². The van der Waals surface area contributed by atoms with Gasteiger partial charge in [0.05, 0.1) is 10.6 Å². The molecule has 1 fully saturated rings. The first-order chi connectivity index (χ1) is 14.3. The van der Waals surface area contributed by atoms with Gasteiger partial charge in [-0.25, -0.2) is 13.1 Å². The normalized spacial score (nSPS) is 15.8. The van der Waals surface area contributed by atoms with E-state index in [0.717, 1.165) is 11.4 Å². The van der Waals surface area contributed by atoms with Crippen LogP contribution < -0.4 is 5.32 Å². The lowest BCUT2D eigenvalue weighted by Crippen LogP contribution is -2.47. The van der Waals surface area contributed by atoms with Crippen LogP contribution in [0.1, 0.15) is 31.4 Å². The molecule has 1 aliphatic rings. The fourth-order valence-electron chi connectivity index (χ4n) is 4.00. The fraction of sp³-hybridized carbons (Fsp3) is 0.273. The van der Waals surface area contributed by atoms with Crippen molar-refractivity contribution in [3.05, 3.63) is 71.5 Å². The molecule has 3 aromatic rings. The van der Waals surface area contributed by atoms with E-state index < -0.39 is 20.5 Å². The number of carbonyl (C=O) groups excluding carboxylic acids is 1. The summed E-state index contributed by atoms with van der Waals surface area (Å²) in [6.07, 6.45) is 3.66. The Balaban J connectivity index is 1.67. The molecule has 156 valence electrons. The van der Waals surface area contributed by atoms with Crippen molar-refractivity contribution in [2.75, 3.05) is 5.32 Å². The van der Waals surface area contributed by atoms with E-state index in [1.165, 1.54) is 24.3 Å². The first-order valence-corrected chi connectivity index (χ1v) is 11.6. The second-order valence-corrected chi connectivity index (χ2v) is 10.2. The minimum absolute atomic E-state index is 0.116. The molecule has 0 saturated heterocycles. The molecule has 1 saturated carbocycles. The quantitative estimate of drug-likeness (QED) is 0.626. The number of aryl methyl sites for hydroxylation is 1. The molecule has 1 amide bonds. The Morgan fingerprint density at radius 2 is 1.80 bits per heavy atom. The van der Waals surface area contributed by atoms with Crippen molar-refractivity contribution in [3.8, 4) is 5.69 Å². The summed E-state index contributed by atoms with van der Waals surface area (Å²) < 4.78 is 27.2. The number of rotatable bonds is 5. The molecule has 1 heterocycles. The smallest absolute Gasteiger partial charge is 0.246 e. The highest BCUT2D eigenvalue weighted by molar-refractivity contribution is 7.93. The SMILES string of the molecule is Cc1ccnn1-c1cccc(NC(=O)C2(S(=O)(=O)c3ccc(Cl)cc3)CCCC2)c1. The van der Waals surface area contributed by atoms with Gasteiger partial charge in [0.25, 0.3) is 0 Å². The van der Waals surface area contributed by atoms with Gasteiger partial charge in [-0.05, 0) is 68.3 Å². The maximum atomic E-state index is 13.5. The van der Waals surface area contributed by atoms with Crippen molar-refractivity contribution in [1.29, 1.82) is 0 Å². The molecule has 4 rings (SSSR count). The zero-order chi connectivity index (χ0) is 21.4. The van der Waals surface area contributed by atoms with Gasteiger partial charge < -0.3 is 5.32 Å². The summed E-state index contributed by atoms with van der Waals surface area (Å²) in [5.41, 5.74) is 2.28. The summed E-state index contributed by atoms with van der Waals surface area (Å²) in [4.78, 5) is 13.5. The maximum absolute atomic E-state index is 13.5. The minimum atomic E-state index is -3.88. The van der Waals surface area contributed by atoms with Crippen LogP contribution in [0.4, 0.5) is 5.69 Å². The van der Waals surface area contributed by atoms with Gasteiger partial charge >= 0.3 is 0 Å². The summed E-state index contributed by atoms with van der Waals surface area (Å²) in [7, 11) is -3.88. The van der Waals surface area contributed by atoms with E-state index in [1.54, 1.807) is 29.1 Å². The Morgan fingerprint density at radius 3 is 2.43 bits per heavy atom. The monoisotopic (exact) mass is 443 g/mol. The van der Waals surface area contributed by atoms with Crippen LogP contribution in [0.25, 0.3) is 5.69 Å². The molecule has 0 radical (unpaired) electrons. The van der Waals surface area contributed by atoms with Gasteiger partial charge in [-0.1, -0.05) is 30.5 Å². The van der Waals surface area contributed by atoms with Gasteiger partial charge in [0.15, 0.2) is 14.6 Å². The van der Waals surface area contributed by atoms with Crippen LogP contribution in [0.2, 0.25) is 5.02 Å². The lowest BCUT2D eigenvalue weighted by Gasteiger charge is -2.27. The van der Waals surface area contributed by atoms with E-state index in [1.807, 2.05) is 19.1 Å². The summed E-state index contributed by atoms with van der Waals surface area (Å²) >= 11 is 5.91. The molecular formula is C22H22ClN3O3S. The molecule has 30 heavy (non-hydrogen) atoms. The number of sulfone groups is 1. The molecular weight excluding hydrogens is 422 g/mol. The first-order valence-electron chi connectivity index (χ1n) is 9.76. The first kappa shape index (κ1) is 20.6. The third-order valence-corrected chi connectivity index (χ3v) is 8.41. The van der Waals surface area contributed by atoms with Gasteiger partial charge in [0, 0.05) is 22.6 Å². The van der Waals surface area contributed by atoms with Crippen LogP contribution >= 0.6 is 11.6 Å². The molecule has 6 nitrogen and oxygen atoms in total. The average molecular weight is 444 g/mol. The maximum Gasteiger partial charge on any atom is 0.246 e. The number of carbonyl (C=O) groups is 1. The number of hydrogen-bond acceptors (Lipinski definition) is 4. The number of nitrogens with zero attached hydrogens (tertiary/aromatic N) is 2. The van der Waals surface area contributed by atoms with Gasteiger partial charge in [-0.15, -0.1) is 0 Å². The zero-order valence-corrected chi connectivity index (χ0v) is 18.1. The van der Waals surface area contributed by atoms with Crippen molar-refractivity contribution in [2.45, 2.75) is 42.2 Å². The third kappa shape index (κ3) is 3.52. The van der Waals surface area contributed by atoms with Gasteiger partial charge in [-0.2, -0.15) is 5.10 Å². The Kier molecular flexibility index (Phi) is 5.42. The summed E-state index contributed by atoms with van der Waals surface area (Å²) in [6.45, 7) is 1.93. The van der Waals surface area contributed by atoms with E-state index in [0.29, 0.717) is 36.4 Å². The summed E-state index contributed by atoms with van der Waals surface area (Å²) in [6, 6.07) is 15.1. The van der Waals surface area contributed by atoms with Crippen LogP contribution in [0.3, 0.4) is 0 Å². The lowest BCUT2D eigenvalue weighted by atomic mass is 10.1. The van der Waals surface area contributed by atoms with Gasteiger partial charge in [0.2, 0.25) is 5.91 Å². The topological polar surface area (TPSA) is 81.1 Å². The lowest BCUT2D eigenvalue weighted by molar-refractivity contribution is -0.118. The van der Waals surface area contributed by atoms with Crippen molar-refractivity contribution >= 4 is 33.0 Å². The molecule has 1 N–H and O–H groups in total. The zero-order valence-electron chi connectivity index (χ0n) is 16.5. The molecule has 0 atom stereocenters. The van der Waals surface area contributed by atoms with Crippen molar-refractivity contribution < 1.29 is 13.2 Å². The number of hydrogen-bond donors (Lipinski definition) is 1. The molecule has 1 aliphatic carbocycles. The van der Waals surface area contributed by atoms with Crippen molar-refractivity contribution in [1.82, 2.24) is 9.78 Å². The Morgan fingerprint density at radius 1 is 1.10 bits per heavy atom. The molecule has 0 unspecified atom stereocenters.